The Hall–Kier alpha value is -0.870. The van der Waals surface area contributed by atoms with Gasteiger partial charge in [0.25, 0.3) is 0 Å². The average Bonchev–Trinajstić information content (AvgIpc) is 2.25. The Kier molecular flexibility index (Phi) is 4.96. The molecule has 0 unspecified atom stereocenters. The van der Waals surface area contributed by atoms with Crippen LogP contribution in [0, 0.1) is 0 Å². The molecule has 0 radical (unpaired) electrons. The Bertz CT molecular complexity index is 344. The van der Waals surface area contributed by atoms with Crippen LogP contribution in [0.1, 0.15) is 26.3 Å². The van der Waals surface area contributed by atoms with Gasteiger partial charge in [0.1, 0.15) is 17.3 Å². The predicted octanol–water partition coefficient (Wildman–Crippen LogP) is 1.90. The zero-order chi connectivity index (χ0) is 12.1. The third-order valence-corrected chi connectivity index (χ3v) is 2.79. The Balaban J connectivity index is 3.12. The van der Waals surface area contributed by atoms with Crippen LogP contribution < -0.4 is 4.90 Å². The van der Waals surface area contributed by atoms with Gasteiger partial charge in [0.2, 0.25) is 0 Å². The van der Waals surface area contributed by atoms with Crippen molar-refractivity contribution in [3.8, 4) is 0 Å². The molecular formula is C11H18ClN3O. The van der Waals surface area contributed by atoms with Crippen molar-refractivity contribution in [2.24, 2.45) is 0 Å². The summed E-state index contributed by atoms with van der Waals surface area (Å²) in [4.78, 5) is 10.3. The first-order chi connectivity index (χ1) is 7.61. The topological polar surface area (TPSA) is 49.2 Å². The molecule has 0 fully saturated rings. The molecule has 5 heteroatoms. The van der Waals surface area contributed by atoms with Crippen molar-refractivity contribution in [1.82, 2.24) is 9.97 Å². The first-order valence-electron chi connectivity index (χ1n) is 5.48. The van der Waals surface area contributed by atoms with Crippen molar-refractivity contribution in [2.45, 2.75) is 33.2 Å². The van der Waals surface area contributed by atoms with Gasteiger partial charge in [0.05, 0.1) is 6.61 Å². The second-order valence-corrected chi connectivity index (χ2v) is 4.19. The van der Waals surface area contributed by atoms with Gasteiger partial charge in [-0.05, 0) is 20.3 Å². The highest BCUT2D eigenvalue weighted by molar-refractivity contribution is 6.30. The summed E-state index contributed by atoms with van der Waals surface area (Å²) in [7, 11) is 0. The maximum atomic E-state index is 9.06. The van der Waals surface area contributed by atoms with E-state index in [9.17, 15) is 0 Å². The molecular weight excluding hydrogens is 226 g/mol. The van der Waals surface area contributed by atoms with Crippen LogP contribution in [0.25, 0.3) is 0 Å². The Morgan fingerprint density at radius 3 is 2.62 bits per heavy atom. The number of aliphatic hydroxyl groups excluding tert-OH is 1. The average molecular weight is 244 g/mol. The highest BCUT2D eigenvalue weighted by atomic mass is 35.5. The fourth-order valence-electron chi connectivity index (χ4n) is 1.65. The largest absolute Gasteiger partial charge is 0.395 e. The van der Waals surface area contributed by atoms with Crippen molar-refractivity contribution in [2.75, 3.05) is 18.1 Å². The lowest BCUT2D eigenvalue weighted by Gasteiger charge is -2.28. The van der Waals surface area contributed by atoms with Gasteiger partial charge in [-0.25, -0.2) is 9.97 Å². The van der Waals surface area contributed by atoms with Crippen molar-refractivity contribution in [1.29, 1.82) is 0 Å². The van der Waals surface area contributed by atoms with Crippen molar-refractivity contribution >= 4 is 17.4 Å². The number of anilines is 1. The van der Waals surface area contributed by atoms with E-state index in [1.165, 1.54) is 6.33 Å². The van der Waals surface area contributed by atoms with E-state index in [1.807, 2.05) is 11.8 Å². The van der Waals surface area contributed by atoms with Crippen molar-refractivity contribution in [3.05, 3.63) is 17.0 Å². The van der Waals surface area contributed by atoms with Crippen LogP contribution in [0.15, 0.2) is 6.33 Å². The molecule has 90 valence electrons. The molecule has 4 nitrogen and oxygen atoms in total. The van der Waals surface area contributed by atoms with E-state index in [-0.39, 0.29) is 12.6 Å². The SMILES string of the molecule is CCc1c(Cl)ncnc1N(CCO)C(C)C. The minimum Gasteiger partial charge on any atom is -0.395 e. The summed E-state index contributed by atoms with van der Waals surface area (Å²) in [5.74, 6) is 0.826. The molecule has 16 heavy (non-hydrogen) atoms. The summed E-state index contributed by atoms with van der Waals surface area (Å²) in [5.41, 5.74) is 0.936. The molecule has 0 atom stereocenters. The number of hydrogen-bond donors (Lipinski definition) is 1. The van der Waals surface area contributed by atoms with E-state index in [1.54, 1.807) is 0 Å². The summed E-state index contributed by atoms with van der Waals surface area (Å²) in [6, 6.07) is 0.267. The van der Waals surface area contributed by atoms with Crippen molar-refractivity contribution < 1.29 is 5.11 Å². The molecule has 1 N–H and O–H groups in total. The molecule has 1 heterocycles. The minimum atomic E-state index is 0.100. The summed E-state index contributed by atoms with van der Waals surface area (Å²) in [6.45, 7) is 6.79. The Morgan fingerprint density at radius 2 is 2.12 bits per heavy atom. The third kappa shape index (κ3) is 2.83. The molecule has 0 amide bonds. The van der Waals surface area contributed by atoms with Crippen LogP contribution in [0.5, 0.6) is 0 Å². The van der Waals surface area contributed by atoms with E-state index >= 15 is 0 Å². The maximum absolute atomic E-state index is 9.06. The molecule has 0 aliphatic carbocycles. The van der Waals surface area contributed by atoms with Crippen LogP contribution in [0.2, 0.25) is 5.15 Å². The summed E-state index contributed by atoms with van der Waals surface area (Å²) >= 11 is 6.04. The molecule has 0 aliphatic heterocycles. The van der Waals surface area contributed by atoms with E-state index in [2.05, 4.69) is 23.8 Å². The number of hydrogen-bond acceptors (Lipinski definition) is 4. The second-order valence-electron chi connectivity index (χ2n) is 3.83. The lowest BCUT2D eigenvalue weighted by molar-refractivity contribution is 0.298. The third-order valence-electron chi connectivity index (χ3n) is 2.46. The summed E-state index contributed by atoms with van der Waals surface area (Å²) in [5, 5.41) is 9.56. The number of aliphatic hydroxyl groups is 1. The first-order valence-corrected chi connectivity index (χ1v) is 5.86. The number of nitrogens with zero attached hydrogens (tertiary/aromatic N) is 3. The van der Waals surface area contributed by atoms with E-state index < -0.39 is 0 Å². The number of halogens is 1. The van der Waals surface area contributed by atoms with Gasteiger partial charge in [0.15, 0.2) is 0 Å². The molecule has 0 bridgehead atoms. The molecule has 1 rings (SSSR count). The van der Waals surface area contributed by atoms with Gasteiger partial charge in [-0.15, -0.1) is 0 Å². The summed E-state index contributed by atoms with van der Waals surface area (Å²) < 4.78 is 0. The number of aromatic nitrogens is 2. The monoisotopic (exact) mass is 243 g/mol. The van der Waals surface area contributed by atoms with Crippen molar-refractivity contribution in [3.63, 3.8) is 0 Å². The van der Waals surface area contributed by atoms with Crippen LogP contribution in [0.4, 0.5) is 5.82 Å². The quantitative estimate of drug-likeness (QED) is 0.803. The second kappa shape index (κ2) is 6.01. The van der Waals surface area contributed by atoms with E-state index in [0.717, 1.165) is 17.8 Å². The van der Waals surface area contributed by atoms with Gasteiger partial charge in [-0.3, -0.25) is 0 Å². The lowest BCUT2D eigenvalue weighted by atomic mass is 10.2. The van der Waals surface area contributed by atoms with Gasteiger partial charge in [-0.2, -0.15) is 0 Å². The smallest absolute Gasteiger partial charge is 0.137 e. The molecule has 1 aromatic rings. The molecule has 0 spiro atoms. The van der Waals surface area contributed by atoms with E-state index in [4.69, 9.17) is 16.7 Å². The molecule has 0 saturated carbocycles. The van der Waals surface area contributed by atoms with E-state index in [0.29, 0.717) is 11.7 Å². The zero-order valence-electron chi connectivity index (χ0n) is 9.94. The van der Waals surface area contributed by atoms with Gasteiger partial charge in [0, 0.05) is 18.2 Å². The maximum Gasteiger partial charge on any atom is 0.137 e. The Morgan fingerprint density at radius 1 is 1.44 bits per heavy atom. The normalized spacial score (nSPS) is 10.9. The number of rotatable bonds is 5. The van der Waals surface area contributed by atoms with Crippen LogP contribution >= 0.6 is 11.6 Å². The molecule has 1 aromatic heterocycles. The first kappa shape index (κ1) is 13.2. The molecule has 0 aromatic carbocycles. The summed E-state index contributed by atoms with van der Waals surface area (Å²) in [6.07, 6.45) is 2.24. The molecule has 0 saturated heterocycles. The molecule has 0 aliphatic rings. The van der Waals surface area contributed by atoms with Gasteiger partial charge < -0.3 is 10.0 Å². The van der Waals surface area contributed by atoms with Gasteiger partial charge >= 0.3 is 0 Å². The standard InChI is InChI=1S/C11H18ClN3O/c1-4-9-10(12)13-7-14-11(9)15(5-6-16)8(2)3/h7-8,16H,4-6H2,1-3H3. The van der Waals surface area contributed by atoms with Crippen LogP contribution in [0.3, 0.4) is 0 Å². The lowest BCUT2D eigenvalue weighted by Crippen LogP contribution is -2.35. The van der Waals surface area contributed by atoms with Crippen LogP contribution in [-0.4, -0.2) is 34.3 Å². The van der Waals surface area contributed by atoms with Crippen LogP contribution in [-0.2, 0) is 6.42 Å². The highest BCUT2D eigenvalue weighted by Gasteiger charge is 2.17. The Labute approximate surface area is 101 Å². The predicted molar refractivity (Wildman–Crippen MR) is 66.0 cm³/mol. The fraction of sp³-hybridized carbons (Fsp3) is 0.636. The highest BCUT2D eigenvalue weighted by Crippen LogP contribution is 2.24. The fourth-order valence-corrected chi connectivity index (χ4v) is 1.91. The van der Waals surface area contributed by atoms with Gasteiger partial charge in [-0.1, -0.05) is 18.5 Å². The minimum absolute atomic E-state index is 0.100. The zero-order valence-corrected chi connectivity index (χ0v) is 10.7.